The smallest absolute Gasteiger partial charge is 0.141 e. The van der Waals surface area contributed by atoms with Gasteiger partial charge in [-0.25, -0.2) is 4.98 Å². The third kappa shape index (κ3) is 2.71. The molecule has 3 nitrogen and oxygen atoms in total. The van der Waals surface area contributed by atoms with Crippen LogP contribution in [-0.2, 0) is 6.54 Å². The highest BCUT2D eigenvalue weighted by atomic mass is 16.5. The van der Waals surface area contributed by atoms with Gasteiger partial charge in [-0.2, -0.15) is 0 Å². The second-order valence-electron chi connectivity index (χ2n) is 5.78. The van der Waals surface area contributed by atoms with Crippen LogP contribution in [0.25, 0.3) is 22.4 Å². The fraction of sp³-hybridized carbons (Fsp3) is 0.316. The van der Waals surface area contributed by atoms with Crippen LogP contribution in [0.5, 0.6) is 5.75 Å². The maximum atomic E-state index is 5.36. The van der Waals surface area contributed by atoms with E-state index in [1.165, 1.54) is 5.52 Å². The summed E-state index contributed by atoms with van der Waals surface area (Å²) < 4.78 is 7.69. The number of benzene rings is 2. The van der Waals surface area contributed by atoms with E-state index < -0.39 is 0 Å². The Kier molecular flexibility index (Phi) is 4.14. The Bertz CT molecular complexity index is 776. The number of rotatable bonds is 5. The Morgan fingerprint density at radius 2 is 1.95 bits per heavy atom. The second kappa shape index (κ2) is 6.22. The minimum atomic E-state index is 0.613. The maximum absolute atomic E-state index is 5.36. The first-order valence-electron chi connectivity index (χ1n) is 7.82. The van der Waals surface area contributed by atoms with Gasteiger partial charge in [-0.15, -0.1) is 0 Å². The van der Waals surface area contributed by atoms with Gasteiger partial charge in [-0.05, 0) is 30.2 Å². The SMILES string of the molecule is CCC(C)Cn1c(-c2cccc(OC)c2)nc2ccccc21. The fourth-order valence-electron chi connectivity index (χ4n) is 2.68. The molecule has 0 spiro atoms. The van der Waals surface area contributed by atoms with Gasteiger partial charge >= 0.3 is 0 Å². The van der Waals surface area contributed by atoms with Crippen molar-refractivity contribution >= 4 is 11.0 Å². The molecule has 0 amide bonds. The summed E-state index contributed by atoms with van der Waals surface area (Å²) >= 11 is 0. The number of ether oxygens (including phenoxy) is 1. The third-order valence-electron chi connectivity index (χ3n) is 4.17. The predicted octanol–water partition coefficient (Wildman–Crippen LogP) is 4.76. The molecule has 0 aliphatic heterocycles. The second-order valence-corrected chi connectivity index (χ2v) is 5.78. The number of hydrogen-bond donors (Lipinski definition) is 0. The molecule has 0 N–H and O–H groups in total. The molecule has 0 fully saturated rings. The number of methoxy groups -OCH3 is 1. The highest BCUT2D eigenvalue weighted by Crippen LogP contribution is 2.28. The van der Waals surface area contributed by atoms with E-state index in [1.54, 1.807) is 7.11 Å². The molecule has 3 heteroatoms. The fourth-order valence-corrected chi connectivity index (χ4v) is 2.68. The van der Waals surface area contributed by atoms with Crippen molar-refractivity contribution < 1.29 is 4.74 Å². The largest absolute Gasteiger partial charge is 0.497 e. The van der Waals surface area contributed by atoms with E-state index in [2.05, 4.69) is 42.7 Å². The van der Waals surface area contributed by atoms with Gasteiger partial charge in [-0.3, -0.25) is 0 Å². The molecular formula is C19H22N2O. The molecule has 0 bridgehead atoms. The van der Waals surface area contributed by atoms with Crippen molar-refractivity contribution in [3.05, 3.63) is 48.5 Å². The predicted molar refractivity (Wildman–Crippen MR) is 91.2 cm³/mol. The maximum Gasteiger partial charge on any atom is 0.141 e. The van der Waals surface area contributed by atoms with E-state index in [-0.39, 0.29) is 0 Å². The van der Waals surface area contributed by atoms with Crippen LogP contribution >= 0.6 is 0 Å². The van der Waals surface area contributed by atoms with Gasteiger partial charge in [0.2, 0.25) is 0 Å². The van der Waals surface area contributed by atoms with Gasteiger partial charge in [0.05, 0.1) is 18.1 Å². The summed E-state index contributed by atoms with van der Waals surface area (Å²) in [6, 6.07) is 16.5. The lowest BCUT2D eigenvalue weighted by Gasteiger charge is -2.14. The van der Waals surface area contributed by atoms with Crippen LogP contribution in [-0.4, -0.2) is 16.7 Å². The molecule has 114 valence electrons. The molecule has 2 aromatic carbocycles. The van der Waals surface area contributed by atoms with Gasteiger partial charge in [0, 0.05) is 12.1 Å². The number of nitrogens with zero attached hydrogens (tertiary/aromatic N) is 2. The van der Waals surface area contributed by atoms with Gasteiger partial charge in [0.15, 0.2) is 0 Å². The molecule has 1 unspecified atom stereocenters. The Labute approximate surface area is 131 Å². The first-order valence-corrected chi connectivity index (χ1v) is 7.82. The van der Waals surface area contributed by atoms with E-state index in [9.17, 15) is 0 Å². The summed E-state index contributed by atoms with van der Waals surface area (Å²) in [7, 11) is 1.70. The molecule has 3 rings (SSSR count). The summed E-state index contributed by atoms with van der Waals surface area (Å²) in [6.45, 7) is 5.49. The number of aromatic nitrogens is 2. The lowest BCUT2D eigenvalue weighted by Crippen LogP contribution is -2.08. The molecule has 0 aliphatic carbocycles. The van der Waals surface area contributed by atoms with Crippen LogP contribution in [0.3, 0.4) is 0 Å². The molecule has 1 atom stereocenters. The lowest BCUT2D eigenvalue weighted by atomic mass is 10.1. The Morgan fingerprint density at radius 3 is 2.73 bits per heavy atom. The van der Waals surface area contributed by atoms with Crippen LogP contribution < -0.4 is 4.74 Å². The van der Waals surface area contributed by atoms with E-state index in [0.29, 0.717) is 5.92 Å². The summed E-state index contributed by atoms with van der Waals surface area (Å²) in [5.41, 5.74) is 3.34. The van der Waals surface area contributed by atoms with E-state index in [1.807, 2.05) is 24.3 Å². The standard InChI is InChI=1S/C19H22N2O/c1-4-14(2)13-21-18-11-6-5-10-17(18)20-19(21)15-8-7-9-16(12-15)22-3/h5-12,14H,4,13H2,1-3H3. The summed E-state index contributed by atoms with van der Waals surface area (Å²) in [4.78, 5) is 4.85. The monoisotopic (exact) mass is 294 g/mol. The minimum Gasteiger partial charge on any atom is -0.497 e. The van der Waals surface area contributed by atoms with Crippen molar-refractivity contribution in [1.82, 2.24) is 9.55 Å². The summed E-state index contributed by atoms with van der Waals surface area (Å²) in [6.07, 6.45) is 1.16. The topological polar surface area (TPSA) is 27.1 Å². The lowest BCUT2D eigenvalue weighted by molar-refractivity contribution is 0.415. The molecule has 0 saturated heterocycles. The Morgan fingerprint density at radius 1 is 1.14 bits per heavy atom. The highest BCUT2D eigenvalue weighted by molar-refractivity contribution is 5.80. The molecule has 1 heterocycles. The number of fused-ring (bicyclic) bond motifs is 1. The zero-order valence-electron chi connectivity index (χ0n) is 13.4. The van der Waals surface area contributed by atoms with Crippen molar-refractivity contribution in [1.29, 1.82) is 0 Å². The molecule has 3 aromatic rings. The normalized spacial score (nSPS) is 12.5. The van der Waals surface area contributed by atoms with Gasteiger partial charge < -0.3 is 9.30 Å². The molecule has 1 aromatic heterocycles. The Balaban J connectivity index is 2.16. The molecule has 0 saturated carbocycles. The van der Waals surface area contributed by atoms with Crippen molar-refractivity contribution in [2.75, 3.05) is 7.11 Å². The highest BCUT2D eigenvalue weighted by Gasteiger charge is 2.14. The third-order valence-corrected chi connectivity index (χ3v) is 4.17. The molecule has 0 radical (unpaired) electrons. The van der Waals surface area contributed by atoms with Crippen LogP contribution in [0.2, 0.25) is 0 Å². The van der Waals surface area contributed by atoms with Crippen LogP contribution in [0.4, 0.5) is 0 Å². The molecule has 0 aliphatic rings. The van der Waals surface area contributed by atoms with E-state index >= 15 is 0 Å². The average molecular weight is 294 g/mol. The van der Waals surface area contributed by atoms with Gasteiger partial charge in [-0.1, -0.05) is 44.5 Å². The van der Waals surface area contributed by atoms with Crippen molar-refractivity contribution in [2.24, 2.45) is 5.92 Å². The molecule has 22 heavy (non-hydrogen) atoms. The van der Waals surface area contributed by atoms with Crippen LogP contribution in [0, 0.1) is 5.92 Å². The minimum absolute atomic E-state index is 0.613. The van der Waals surface area contributed by atoms with E-state index in [0.717, 1.165) is 35.6 Å². The van der Waals surface area contributed by atoms with Crippen molar-refractivity contribution in [2.45, 2.75) is 26.8 Å². The summed E-state index contributed by atoms with van der Waals surface area (Å²) in [5, 5.41) is 0. The van der Waals surface area contributed by atoms with Crippen LogP contribution in [0.15, 0.2) is 48.5 Å². The number of para-hydroxylation sites is 2. The first-order chi connectivity index (χ1) is 10.7. The quantitative estimate of drug-likeness (QED) is 0.678. The zero-order chi connectivity index (χ0) is 15.5. The zero-order valence-corrected chi connectivity index (χ0v) is 13.4. The van der Waals surface area contributed by atoms with E-state index in [4.69, 9.17) is 9.72 Å². The number of hydrogen-bond acceptors (Lipinski definition) is 2. The number of imidazole rings is 1. The van der Waals surface area contributed by atoms with Gasteiger partial charge in [0.25, 0.3) is 0 Å². The van der Waals surface area contributed by atoms with Crippen molar-refractivity contribution in [3.8, 4) is 17.1 Å². The summed E-state index contributed by atoms with van der Waals surface area (Å²) in [5.74, 6) is 2.49. The Hall–Kier alpha value is -2.29. The average Bonchev–Trinajstić information content (AvgIpc) is 2.93. The molecular weight excluding hydrogens is 272 g/mol. The van der Waals surface area contributed by atoms with Gasteiger partial charge in [0.1, 0.15) is 11.6 Å². The first kappa shape index (κ1) is 14.6. The van der Waals surface area contributed by atoms with Crippen molar-refractivity contribution in [3.63, 3.8) is 0 Å². The van der Waals surface area contributed by atoms with Crippen LogP contribution in [0.1, 0.15) is 20.3 Å².